The van der Waals surface area contributed by atoms with Gasteiger partial charge in [0.2, 0.25) is 10.0 Å². The molecule has 0 saturated heterocycles. The number of hydrogen-bond acceptors (Lipinski definition) is 3. The van der Waals surface area contributed by atoms with Crippen molar-refractivity contribution in [1.82, 2.24) is 4.31 Å². The van der Waals surface area contributed by atoms with Crippen LogP contribution in [0.3, 0.4) is 0 Å². The second-order valence-corrected chi connectivity index (χ2v) is 5.70. The van der Waals surface area contributed by atoms with Crippen molar-refractivity contribution in [2.45, 2.75) is 17.9 Å². The molecule has 0 aliphatic carbocycles. The van der Waals surface area contributed by atoms with Crippen molar-refractivity contribution in [3.63, 3.8) is 0 Å². The predicted octanol–water partition coefficient (Wildman–Crippen LogP) is 1.20. The van der Waals surface area contributed by atoms with Crippen molar-refractivity contribution < 1.29 is 31.5 Å². The Morgan fingerprint density at radius 3 is 2.16 bits per heavy atom. The van der Waals surface area contributed by atoms with Crippen molar-refractivity contribution >= 4 is 16.0 Å². The molecule has 0 aliphatic heterocycles. The molecule has 1 N–H and O–H groups in total. The smallest absolute Gasteiger partial charge is 0.321 e. The van der Waals surface area contributed by atoms with Gasteiger partial charge in [0.1, 0.15) is 16.8 Å². The maximum absolute atomic E-state index is 13.4. The number of sulfonamides is 1. The van der Waals surface area contributed by atoms with E-state index in [2.05, 4.69) is 0 Å². The Labute approximate surface area is 107 Å². The number of benzene rings is 1. The van der Waals surface area contributed by atoms with Gasteiger partial charge in [0, 0.05) is 13.1 Å². The van der Waals surface area contributed by atoms with Gasteiger partial charge in [-0.15, -0.1) is 0 Å². The molecule has 5 nitrogen and oxygen atoms in total. The second kappa shape index (κ2) is 5.17. The minimum Gasteiger partial charge on any atom is -0.480 e. The number of carboxylic acids is 1. The van der Waals surface area contributed by atoms with E-state index < -0.39 is 44.4 Å². The number of likely N-dealkylation sites (N-methyl/N-ethyl adjacent to an activating group) is 1. The number of carbonyl (C=O) groups is 1. The molecule has 1 aromatic rings. The van der Waals surface area contributed by atoms with E-state index in [9.17, 15) is 26.4 Å². The highest BCUT2D eigenvalue weighted by Gasteiger charge is 2.32. The van der Waals surface area contributed by atoms with E-state index in [-0.39, 0.29) is 12.1 Å². The first kappa shape index (κ1) is 15.4. The molecule has 0 fully saturated rings. The normalized spacial score (nSPS) is 13.6. The third-order valence-electron chi connectivity index (χ3n) is 2.53. The van der Waals surface area contributed by atoms with Crippen molar-refractivity contribution in [2.75, 3.05) is 7.05 Å². The van der Waals surface area contributed by atoms with Crippen LogP contribution < -0.4 is 0 Å². The first-order valence-corrected chi connectivity index (χ1v) is 6.38. The Hall–Kier alpha value is -1.61. The van der Waals surface area contributed by atoms with E-state index in [0.29, 0.717) is 4.31 Å². The van der Waals surface area contributed by atoms with Crippen LogP contribution >= 0.6 is 0 Å². The second-order valence-electron chi connectivity index (χ2n) is 3.73. The number of nitrogens with zero attached hydrogens (tertiary/aromatic N) is 1. The fourth-order valence-electron chi connectivity index (χ4n) is 1.22. The van der Waals surface area contributed by atoms with Crippen LogP contribution in [-0.2, 0) is 14.8 Å². The third-order valence-corrected chi connectivity index (χ3v) is 4.48. The zero-order valence-corrected chi connectivity index (χ0v) is 10.7. The SMILES string of the molecule is CC(C(=O)O)N(C)S(=O)(=O)c1cc(F)c(F)cc1F. The highest BCUT2D eigenvalue weighted by molar-refractivity contribution is 7.89. The van der Waals surface area contributed by atoms with Crippen molar-refractivity contribution in [3.05, 3.63) is 29.6 Å². The summed E-state index contributed by atoms with van der Waals surface area (Å²) in [4.78, 5) is 9.57. The molecule has 0 heterocycles. The molecule has 0 saturated carbocycles. The summed E-state index contributed by atoms with van der Waals surface area (Å²) >= 11 is 0. The molecule has 0 aromatic heterocycles. The standard InChI is InChI=1S/C10H10F3NO4S/c1-5(10(15)16)14(2)19(17,18)9-4-7(12)6(11)3-8(9)13/h3-5H,1-2H3,(H,15,16). The fraction of sp³-hybridized carbons (Fsp3) is 0.300. The number of hydrogen-bond donors (Lipinski definition) is 1. The lowest BCUT2D eigenvalue weighted by Gasteiger charge is -2.21. The summed E-state index contributed by atoms with van der Waals surface area (Å²) in [5.74, 6) is -6.04. The van der Waals surface area contributed by atoms with Crippen LogP contribution in [0.2, 0.25) is 0 Å². The van der Waals surface area contributed by atoms with E-state index in [1.165, 1.54) is 0 Å². The van der Waals surface area contributed by atoms with Gasteiger partial charge in [0.25, 0.3) is 0 Å². The maximum atomic E-state index is 13.4. The number of aliphatic carboxylic acids is 1. The van der Waals surface area contributed by atoms with Gasteiger partial charge in [-0.05, 0) is 13.0 Å². The maximum Gasteiger partial charge on any atom is 0.321 e. The van der Waals surface area contributed by atoms with E-state index in [1.807, 2.05) is 0 Å². The molecule has 0 aliphatic rings. The molecule has 1 rings (SSSR count). The van der Waals surface area contributed by atoms with E-state index in [0.717, 1.165) is 14.0 Å². The average Bonchev–Trinajstić information content (AvgIpc) is 2.31. The molecule has 0 spiro atoms. The molecule has 1 unspecified atom stereocenters. The molecule has 0 bridgehead atoms. The van der Waals surface area contributed by atoms with Crippen molar-refractivity contribution in [2.24, 2.45) is 0 Å². The van der Waals surface area contributed by atoms with Crippen LogP contribution in [0.1, 0.15) is 6.92 Å². The van der Waals surface area contributed by atoms with Crippen molar-refractivity contribution in [3.8, 4) is 0 Å². The van der Waals surface area contributed by atoms with Gasteiger partial charge in [-0.2, -0.15) is 4.31 Å². The molecule has 19 heavy (non-hydrogen) atoms. The quantitative estimate of drug-likeness (QED) is 0.847. The molecule has 1 aromatic carbocycles. The zero-order chi connectivity index (χ0) is 15.0. The Morgan fingerprint density at radius 2 is 1.68 bits per heavy atom. The highest BCUT2D eigenvalue weighted by atomic mass is 32.2. The van der Waals surface area contributed by atoms with E-state index in [4.69, 9.17) is 5.11 Å². The Morgan fingerprint density at radius 1 is 1.21 bits per heavy atom. The summed E-state index contributed by atoms with van der Waals surface area (Å²) in [7, 11) is -3.68. The lowest BCUT2D eigenvalue weighted by Crippen LogP contribution is -2.40. The summed E-state index contributed by atoms with van der Waals surface area (Å²) in [6.45, 7) is 1.05. The summed E-state index contributed by atoms with van der Waals surface area (Å²) in [6.07, 6.45) is 0. The van der Waals surface area contributed by atoms with Gasteiger partial charge in [0.15, 0.2) is 11.6 Å². The van der Waals surface area contributed by atoms with Gasteiger partial charge in [-0.25, -0.2) is 21.6 Å². The summed E-state index contributed by atoms with van der Waals surface area (Å²) < 4.78 is 63.2. The van der Waals surface area contributed by atoms with Crippen LogP contribution in [0.5, 0.6) is 0 Å². The molecule has 0 radical (unpaired) electrons. The van der Waals surface area contributed by atoms with Crippen LogP contribution in [0, 0.1) is 17.5 Å². The summed E-state index contributed by atoms with van der Waals surface area (Å²) in [5, 5.41) is 8.70. The molecular weight excluding hydrogens is 287 g/mol. The average molecular weight is 297 g/mol. The molecule has 9 heteroatoms. The fourth-order valence-corrected chi connectivity index (χ4v) is 2.60. The Kier molecular flexibility index (Phi) is 4.21. The minimum absolute atomic E-state index is 0.0848. The molecule has 1 atom stereocenters. The lowest BCUT2D eigenvalue weighted by atomic mass is 10.3. The van der Waals surface area contributed by atoms with Crippen LogP contribution in [0.4, 0.5) is 13.2 Å². The van der Waals surface area contributed by atoms with Crippen LogP contribution in [0.15, 0.2) is 17.0 Å². The summed E-state index contributed by atoms with van der Waals surface area (Å²) in [5.41, 5.74) is 0. The van der Waals surface area contributed by atoms with Crippen molar-refractivity contribution in [1.29, 1.82) is 0 Å². The number of carboxylic acid groups (broad SMARTS) is 1. The van der Waals surface area contributed by atoms with Gasteiger partial charge < -0.3 is 5.11 Å². The van der Waals surface area contributed by atoms with Gasteiger partial charge in [-0.1, -0.05) is 0 Å². The molecule has 106 valence electrons. The Balaban J connectivity index is 3.36. The lowest BCUT2D eigenvalue weighted by molar-refractivity contribution is -0.140. The first-order chi connectivity index (χ1) is 8.59. The van der Waals surface area contributed by atoms with Gasteiger partial charge in [-0.3, -0.25) is 4.79 Å². The van der Waals surface area contributed by atoms with Crippen LogP contribution in [0.25, 0.3) is 0 Å². The van der Waals surface area contributed by atoms with Gasteiger partial charge in [0.05, 0.1) is 0 Å². The Bertz CT molecular complexity index is 617. The van der Waals surface area contributed by atoms with Crippen LogP contribution in [-0.4, -0.2) is 36.9 Å². The monoisotopic (exact) mass is 297 g/mol. The zero-order valence-electron chi connectivity index (χ0n) is 9.89. The van der Waals surface area contributed by atoms with Gasteiger partial charge >= 0.3 is 5.97 Å². The summed E-state index contributed by atoms with van der Waals surface area (Å²) in [6, 6.07) is -1.23. The number of halogens is 3. The number of rotatable bonds is 4. The predicted molar refractivity (Wildman–Crippen MR) is 58.4 cm³/mol. The molecule has 0 amide bonds. The van der Waals surface area contributed by atoms with E-state index >= 15 is 0 Å². The highest BCUT2D eigenvalue weighted by Crippen LogP contribution is 2.22. The minimum atomic E-state index is -4.58. The first-order valence-electron chi connectivity index (χ1n) is 4.94. The topological polar surface area (TPSA) is 74.7 Å². The molecular formula is C10H10F3NO4S. The third kappa shape index (κ3) is 2.87. The van der Waals surface area contributed by atoms with E-state index in [1.54, 1.807) is 0 Å². The largest absolute Gasteiger partial charge is 0.480 e.